The molecule has 0 aromatic rings. The first-order chi connectivity index (χ1) is 9.16. The number of likely N-dealkylation sites (tertiary alicyclic amines) is 1. The largest absolute Gasteiger partial charge is 0.481 e. The van der Waals surface area contributed by atoms with Crippen molar-refractivity contribution in [1.82, 2.24) is 9.80 Å². The van der Waals surface area contributed by atoms with Crippen molar-refractivity contribution in [3.8, 4) is 0 Å². The van der Waals surface area contributed by atoms with Gasteiger partial charge in [-0.1, -0.05) is 6.42 Å². The van der Waals surface area contributed by atoms with Crippen molar-refractivity contribution < 1.29 is 14.7 Å². The average Bonchev–Trinajstić information content (AvgIpc) is 2.83. The molecule has 3 unspecified atom stereocenters. The van der Waals surface area contributed by atoms with E-state index < -0.39 is 5.97 Å². The number of carbonyl (C=O) groups is 2. The Kier molecular flexibility index (Phi) is 3.48. The summed E-state index contributed by atoms with van der Waals surface area (Å²) < 4.78 is 0. The van der Waals surface area contributed by atoms with Gasteiger partial charge in [0.2, 0.25) is 5.91 Å². The molecule has 0 spiro atoms. The highest BCUT2D eigenvalue weighted by atomic mass is 16.4. The van der Waals surface area contributed by atoms with E-state index in [2.05, 4.69) is 4.90 Å². The zero-order valence-corrected chi connectivity index (χ0v) is 11.3. The number of fused-ring (bicyclic) bond motifs is 1. The Morgan fingerprint density at radius 2 is 1.95 bits per heavy atom. The van der Waals surface area contributed by atoms with Gasteiger partial charge in [-0.3, -0.25) is 14.5 Å². The van der Waals surface area contributed by atoms with Crippen LogP contribution in [-0.4, -0.2) is 58.5 Å². The lowest BCUT2D eigenvalue weighted by Crippen LogP contribution is -2.53. The summed E-state index contributed by atoms with van der Waals surface area (Å²) in [5.74, 6) is -0.957. The third-order valence-electron chi connectivity index (χ3n) is 5.01. The van der Waals surface area contributed by atoms with Crippen LogP contribution in [0.2, 0.25) is 0 Å². The maximum Gasteiger partial charge on any atom is 0.308 e. The van der Waals surface area contributed by atoms with Crippen molar-refractivity contribution in [3.63, 3.8) is 0 Å². The highest BCUT2D eigenvalue weighted by Gasteiger charge is 2.43. The van der Waals surface area contributed by atoms with Crippen LogP contribution in [0.15, 0.2) is 0 Å². The van der Waals surface area contributed by atoms with E-state index in [0.29, 0.717) is 25.4 Å². The third kappa shape index (κ3) is 2.36. The standard InChI is InChI=1S/C14H22N2O3/c17-13-5-4-10(14(18)19)9-16(13)12-6-8-15-7-2-1-3-11(12)15/h10-12H,1-9H2,(H,18,19). The smallest absolute Gasteiger partial charge is 0.308 e. The number of piperidine rings is 2. The van der Waals surface area contributed by atoms with Gasteiger partial charge in [-0.25, -0.2) is 0 Å². The van der Waals surface area contributed by atoms with Crippen LogP contribution in [0.4, 0.5) is 0 Å². The monoisotopic (exact) mass is 266 g/mol. The highest BCUT2D eigenvalue weighted by molar-refractivity contribution is 5.80. The fraction of sp³-hybridized carbons (Fsp3) is 0.857. The van der Waals surface area contributed by atoms with E-state index >= 15 is 0 Å². The summed E-state index contributed by atoms with van der Waals surface area (Å²) in [5, 5.41) is 9.17. The van der Waals surface area contributed by atoms with Crippen molar-refractivity contribution >= 4 is 11.9 Å². The molecule has 3 saturated heterocycles. The zero-order valence-electron chi connectivity index (χ0n) is 11.3. The van der Waals surface area contributed by atoms with Crippen LogP contribution in [0.1, 0.15) is 38.5 Å². The van der Waals surface area contributed by atoms with Gasteiger partial charge in [0.15, 0.2) is 0 Å². The van der Waals surface area contributed by atoms with Gasteiger partial charge in [0, 0.05) is 31.6 Å². The zero-order chi connectivity index (χ0) is 13.4. The molecule has 3 rings (SSSR count). The minimum absolute atomic E-state index is 0.162. The van der Waals surface area contributed by atoms with Crippen LogP contribution in [-0.2, 0) is 9.59 Å². The van der Waals surface area contributed by atoms with Crippen molar-refractivity contribution in [2.75, 3.05) is 19.6 Å². The third-order valence-corrected chi connectivity index (χ3v) is 5.01. The summed E-state index contributed by atoms with van der Waals surface area (Å²) in [6, 6.07) is 0.736. The molecule has 1 N–H and O–H groups in total. The Hall–Kier alpha value is -1.10. The van der Waals surface area contributed by atoms with E-state index in [1.165, 1.54) is 12.8 Å². The van der Waals surface area contributed by atoms with Crippen molar-refractivity contribution in [1.29, 1.82) is 0 Å². The highest BCUT2D eigenvalue weighted by Crippen LogP contribution is 2.33. The normalized spacial score (nSPS) is 36.3. The van der Waals surface area contributed by atoms with Crippen LogP contribution < -0.4 is 0 Å². The van der Waals surface area contributed by atoms with Crippen molar-refractivity contribution in [2.45, 2.75) is 50.6 Å². The van der Waals surface area contributed by atoms with Crippen LogP contribution in [0.25, 0.3) is 0 Å². The first kappa shape index (κ1) is 12.9. The molecule has 19 heavy (non-hydrogen) atoms. The number of rotatable bonds is 2. The average molecular weight is 266 g/mol. The van der Waals surface area contributed by atoms with Gasteiger partial charge in [-0.15, -0.1) is 0 Å². The number of carboxylic acid groups (broad SMARTS) is 1. The van der Waals surface area contributed by atoms with E-state index in [4.69, 9.17) is 5.11 Å². The first-order valence-electron chi connectivity index (χ1n) is 7.43. The van der Waals surface area contributed by atoms with E-state index in [9.17, 15) is 9.59 Å². The van der Waals surface area contributed by atoms with Gasteiger partial charge in [0.25, 0.3) is 0 Å². The number of carbonyl (C=O) groups excluding carboxylic acids is 1. The van der Waals surface area contributed by atoms with Gasteiger partial charge in [0.05, 0.1) is 5.92 Å². The van der Waals surface area contributed by atoms with Gasteiger partial charge in [-0.05, 0) is 32.2 Å². The predicted octanol–water partition coefficient (Wildman–Crippen LogP) is 0.936. The first-order valence-corrected chi connectivity index (χ1v) is 7.43. The molecule has 3 fully saturated rings. The second kappa shape index (κ2) is 5.12. The van der Waals surface area contributed by atoms with Gasteiger partial charge < -0.3 is 10.0 Å². The Labute approximate surface area is 113 Å². The molecule has 3 aliphatic heterocycles. The number of hydrogen-bond donors (Lipinski definition) is 1. The van der Waals surface area contributed by atoms with Crippen LogP contribution >= 0.6 is 0 Å². The Morgan fingerprint density at radius 1 is 1.11 bits per heavy atom. The number of amides is 1. The molecule has 3 atom stereocenters. The second-order valence-corrected chi connectivity index (χ2v) is 6.08. The predicted molar refractivity (Wildman–Crippen MR) is 69.7 cm³/mol. The molecule has 0 radical (unpaired) electrons. The molecule has 1 amide bonds. The molecule has 5 heteroatoms. The Bertz CT molecular complexity index is 385. The quantitative estimate of drug-likeness (QED) is 0.808. The summed E-state index contributed by atoms with van der Waals surface area (Å²) in [4.78, 5) is 27.7. The number of hydrogen-bond acceptors (Lipinski definition) is 3. The summed E-state index contributed by atoms with van der Waals surface area (Å²) in [5.41, 5.74) is 0. The Balaban J connectivity index is 1.72. The molecule has 3 heterocycles. The van der Waals surface area contributed by atoms with Gasteiger partial charge in [-0.2, -0.15) is 0 Å². The van der Waals surface area contributed by atoms with Crippen LogP contribution in [0.3, 0.4) is 0 Å². The molecule has 106 valence electrons. The fourth-order valence-electron chi connectivity index (χ4n) is 3.98. The SMILES string of the molecule is O=C(O)C1CCC(=O)N(C2CCN3CCCCC23)C1. The minimum atomic E-state index is -0.754. The van der Waals surface area contributed by atoms with E-state index in [1.54, 1.807) is 0 Å². The lowest BCUT2D eigenvalue weighted by atomic mass is 9.92. The molecule has 0 aliphatic carbocycles. The van der Waals surface area contributed by atoms with E-state index in [0.717, 1.165) is 25.9 Å². The summed E-state index contributed by atoms with van der Waals surface area (Å²) in [6.45, 7) is 2.63. The lowest BCUT2D eigenvalue weighted by Gasteiger charge is -2.40. The summed E-state index contributed by atoms with van der Waals surface area (Å²) in [7, 11) is 0. The molecule has 5 nitrogen and oxygen atoms in total. The van der Waals surface area contributed by atoms with E-state index in [1.807, 2.05) is 4.90 Å². The number of nitrogens with zero attached hydrogens (tertiary/aromatic N) is 2. The molecule has 0 bridgehead atoms. The maximum atomic E-state index is 12.1. The second-order valence-electron chi connectivity index (χ2n) is 6.08. The Morgan fingerprint density at radius 3 is 2.74 bits per heavy atom. The van der Waals surface area contributed by atoms with Crippen molar-refractivity contribution in [2.24, 2.45) is 5.92 Å². The van der Waals surface area contributed by atoms with Gasteiger partial charge >= 0.3 is 5.97 Å². The summed E-state index contributed by atoms with van der Waals surface area (Å²) >= 11 is 0. The van der Waals surface area contributed by atoms with E-state index in [-0.39, 0.29) is 17.9 Å². The minimum Gasteiger partial charge on any atom is -0.481 e. The van der Waals surface area contributed by atoms with Gasteiger partial charge in [0.1, 0.15) is 0 Å². The van der Waals surface area contributed by atoms with Crippen molar-refractivity contribution in [3.05, 3.63) is 0 Å². The molecular weight excluding hydrogens is 244 g/mol. The lowest BCUT2D eigenvalue weighted by molar-refractivity contribution is -0.149. The molecule has 0 aromatic carbocycles. The number of aliphatic carboxylic acids is 1. The fourth-order valence-corrected chi connectivity index (χ4v) is 3.98. The molecule has 0 saturated carbocycles. The maximum absolute atomic E-state index is 12.1. The number of carboxylic acids is 1. The summed E-state index contributed by atoms with van der Waals surface area (Å²) in [6.07, 6.45) is 5.58. The molecular formula is C14H22N2O3. The molecule has 0 aromatic heterocycles. The topological polar surface area (TPSA) is 60.9 Å². The van der Waals surface area contributed by atoms with Crippen LogP contribution in [0, 0.1) is 5.92 Å². The van der Waals surface area contributed by atoms with Crippen LogP contribution in [0.5, 0.6) is 0 Å². The molecule has 3 aliphatic rings.